The molecular weight excluding hydrogens is 302 g/mol. The predicted molar refractivity (Wildman–Crippen MR) is 86.3 cm³/mol. The number of rotatable bonds is 6. The molecule has 0 saturated carbocycles. The molecule has 6 heteroatoms. The van der Waals surface area contributed by atoms with Crippen LogP contribution in [0.5, 0.6) is 0 Å². The highest BCUT2D eigenvalue weighted by Crippen LogP contribution is 2.16. The van der Waals surface area contributed by atoms with Gasteiger partial charge in [-0.2, -0.15) is 0 Å². The summed E-state index contributed by atoms with van der Waals surface area (Å²) in [6, 6.07) is 7.64. The molecule has 1 atom stereocenters. The lowest BCUT2D eigenvalue weighted by Gasteiger charge is -2.23. The van der Waals surface area contributed by atoms with Crippen molar-refractivity contribution in [3.05, 3.63) is 34.9 Å². The Morgan fingerprint density at radius 2 is 2.05 bits per heavy atom. The number of nitrogens with zero attached hydrogens (tertiary/aromatic N) is 2. The van der Waals surface area contributed by atoms with Gasteiger partial charge in [0, 0.05) is 24.7 Å². The molecule has 1 aromatic carbocycles. The Kier molecular flexibility index (Phi) is 5.80. The minimum atomic E-state index is -0.316. The van der Waals surface area contributed by atoms with E-state index in [4.69, 9.17) is 17.3 Å². The fourth-order valence-electron chi connectivity index (χ4n) is 2.64. The molecule has 1 saturated heterocycles. The molecule has 22 heavy (non-hydrogen) atoms. The van der Waals surface area contributed by atoms with Crippen molar-refractivity contribution in [3.63, 3.8) is 0 Å². The average molecular weight is 324 g/mol. The number of carbonyl (C=O) groups excluding carboxylic acids is 2. The molecule has 1 aliphatic heterocycles. The van der Waals surface area contributed by atoms with Crippen molar-refractivity contribution in [1.29, 1.82) is 0 Å². The van der Waals surface area contributed by atoms with Gasteiger partial charge in [-0.05, 0) is 30.7 Å². The van der Waals surface area contributed by atoms with Gasteiger partial charge in [0.1, 0.15) is 0 Å². The summed E-state index contributed by atoms with van der Waals surface area (Å²) in [5.41, 5.74) is 6.42. The van der Waals surface area contributed by atoms with E-state index < -0.39 is 0 Å². The lowest BCUT2D eigenvalue weighted by atomic mass is 10.1. The molecule has 1 aliphatic rings. The zero-order valence-corrected chi connectivity index (χ0v) is 13.6. The van der Waals surface area contributed by atoms with Gasteiger partial charge >= 0.3 is 0 Å². The van der Waals surface area contributed by atoms with Crippen LogP contribution in [0.1, 0.15) is 18.9 Å². The number of likely N-dealkylation sites (tertiary alicyclic amines) is 1. The molecule has 5 nitrogen and oxygen atoms in total. The second kappa shape index (κ2) is 7.61. The van der Waals surface area contributed by atoms with Crippen molar-refractivity contribution in [2.45, 2.75) is 19.9 Å². The quantitative estimate of drug-likeness (QED) is 0.862. The van der Waals surface area contributed by atoms with E-state index in [1.165, 1.54) is 0 Å². The van der Waals surface area contributed by atoms with Gasteiger partial charge in [0.05, 0.1) is 12.5 Å². The van der Waals surface area contributed by atoms with Crippen LogP contribution in [-0.2, 0) is 16.1 Å². The smallest absolute Gasteiger partial charge is 0.236 e. The lowest BCUT2D eigenvalue weighted by Crippen LogP contribution is -2.39. The van der Waals surface area contributed by atoms with Crippen LogP contribution in [0.3, 0.4) is 0 Å². The second-order valence-electron chi connectivity index (χ2n) is 5.66. The number of halogens is 1. The second-order valence-corrected chi connectivity index (χ2v) is 6.09. The van der Waals surface area contributed by atoms with Crippen LogP contribution < -0.4 is 5.73 Å². The number of amides is 2. The van der Waals surface area contributed by atoms with E-state index in [2.05, 4.69) is 4.90 Å². The van der Waals surface area contributed by atoms with Gasteiger partial charge in [-0.15, -0.1) is 0 Å². The largest absolute Gasteiger partial charge is 0.369 e. The summed E-state index contributed by atoms with van der Waals surface area (Å²) in [5.74, 6) is -0.460. The third-order valence-electron chi connectivity index (χ3n) is 4.07. The van der Waals surface area contributed by atoms with Crippen molar-refractivity contribution in [3.8, 4) is 0 Å². The van der Waals surface area contributed by atoms with Crippen molar-refractivity contribution < 1.29 is 9.59 Å². The van der Waals surface area contributed by atoms with Crippen LogP contribution in [0.15, 0.2) is 24.3 Å². The van der Waals surface area contributed by atoms with E-state index in [0.717, 1.165) is 12.1 Å². The van der Waals surface area contributed by atoms with Gasteiger partial charge < -0.3 is 10.6 Å². The lowest BCUT2D eigenvalue weighted by molar-refractivity contribution is -0.131. The fourth-order valence-corrected chi connectivity index (χ4v) is 2.76. The molecular formula is C16H22ClN3O2. The molecule has 0 bridgehead atoms. The van der Waals surface area contributed by atoms with Crippen LogP contribution in [0.2, 0.25) is 5.02 Å². The molecule has 2 amide bonds. The van der Waals surface area contributed by atoms with E-state index in [1.54, 1.807) is 4.90 Å². The van der Waals surface area contributed by atoms with Gasteiger partial charge in [-0.1, -0.05) is 30.7 Å². The number of carbonyl (C=O) groups is 2. The zero-order chi connectivity index (χ0) is 16.1. The van der Waals surface area contributed by atoms with Gasteiger partial charge in [0.2, 0.25) is 11.8 Å². The Hall–Kier alpha value is -1.59. The molecule has 0 aliphatic carbocycles. The molecule has 2 N–H and O–H groups in total. The molecule has 0 unspecified atom stereocenters. The maximum atomic E-state index is 12.3. The number of likely N-dealkylation sites (N-methyl/N-ethyl adjacent to an activating group) is 1. The number of primary amides is 1. The van der Waals surface area contributed by atoms with Crippen LogP contribution in [0.4, 0.5) is 0 Å². The zero-order valence-electron chi connectivity index (χ0n) is 12.8. The number of benzene rings is 1. The summed E-state index contributed by atoms with van der Waals surface area (Å²) in [6.07, 6.45) is 0.671. The van der Waals surface area contributed by atoms with Crippen molar-refractivity contribution >= 4 is 23.4 Å². The third-order valence-corrected chi connectivity index (χ3v) is 4.32. The molecule has 1 aromatic rings. The molecule has 0 aromatic heterocycles. The molecule has 1 fully saturated rings. The van der Waals surface area contributed by atoms with Gasteiger partial charge in [-0.25, -0.2) is 0 Å². The Bertz CT molecular complexity index is 533. The summed E-state index contributed by atoms with van der Waals surface area (Å²) in [5, 5.41) is 0.706. The fraction of sp³-hybridized carbons (Fsp3) is 0.500. The molecule has 2 rings (SSSR count). The first kappa shape index (κ1) is 16.8. The highest BCUT2D eigenvalue weighted by atomic mass is 35.5. The standard InChI is InChI=1S/C16H22ClN3O2/c1-2-19(9-12-3-5-14(17)6-4-12)11-15(21)20-8-7-13(10-20)16(18)22/h3-6,13H,2,7-11H2,1H3,(H2,18,22)/t13-/m1/s1. The average Bonchev–Trinajstić information content (AvgIpc) is 2.99. The first-order valence-electron chi connectivity index (χ1n) is 7.53. The topological polar surface area (TPSA) is 66.6 Å². The molecule has 120 valence electrons. The molecule has 1 heterocycles. The summed E-state index contributed by atoms with van der Waals surface area (Å²) >= 11 is 5.88. The monoisotopic (exact) mass is 323 g/mol. The Labute approximate surface area is 136 Å². The van der Waals surface area contributed by atoms with E-state index in [9.17, 15) is 9.59 Å². The SMILES string of the molecule is CCN(CC(=O)N1CC[C@@H](C(N)=O)C1)Cc1ccc(Cl)cc1. The van der Waals surface area contributed by atoms with Gasteiger partial charge in [0.15, 0.2) is 0 Å². The van der Waals surface area contributed by atoms with Crippen LogP contribution in [0, 0.1) is 5.92 Å². The summed E-state index contributed by atoms with van der Waals surface area (Å²) in [6.45, 7) is 4.93. The van der Waals surface area contributed by atoms with Crippen molar-refractivity contribution in [2.75, 3.05) is 26.2 Å². The Morgan fingerprint density at radius 1 is 1.36 bits per heavy atom. The summed E-state index contributed by atoms with van der Waals surface area (Å²) < 4.78 is 0. The number of hydrogen-bond donors (Lipinski definition) is 1. The minimum absolute atomic E-state index is 0.0552. The first-order valence-corrected chi connectivity index (χ1v) is 7.91. The first-order chi connectivity index (χ1) is 10.5. The molecule has 0 radical (unpaired) electrons. The van der Waals surface area contributed by atoms with Crippen molar-refractivity contribution in [1.82, 2.24) is 9.80 Å². The van der Waals surface area contributed by atoms with E-state index in [0.29, 0.717) is 37.6 Å². The van der Waals surface area contributed by atoms with E-state index in [1.807, 2.05) is 31.2 Å². The van der Waals surface area contributed by atoms with Gasteiger partial charge in [0.25, 0.3) is 0 Å². The van der Waals surface area contributed by atoms with Crippen LogP contribution in [0.25, 0.3) is 0 Å². The maximum Gasteiger partial charge on any atom is 0.236 e. The molecule has 0 spiro atoms. The van der Waals surface area contributed by atoms with E-state index in [-0.39, 0.29) is 17.7 Å². The summed E-state index contributed by atoms with van der Waals surface area (Å²) in [7, 11) is 0. The predicted octanol–water partition coefficient (Wildman–Crippen LogP) is 1.50. The normalized spacial score (nSPS) is 18.0. The number of hydrogen-bond acceptors (Lipinski definition) is 3. The third kappa shape index (κ3) is 4.45. The highest BCUT2D eigenvalue weighted by molar-refractivity contribution is 6.30. The Balaban J connectivity index is 1.88. The maximum absolute atomic E-state index is 12.3. The number of nitrogens with two attached hydrogens (primary N) is 1. The van der Waals surface area contributed by atoms with Crippen LogP contribution in [-0.4, -0.2) is 47.8 Å². The minimum Gasteiger partial charge on any atom is -0.369 e. The summed E-state index contributed by atoms with van der Waals surface area (Å²) in [4.78, 5) is 27.3. The Morgan fingerprint density at radius 3 is 2.59 bits per heavy atom. The van der Waals surface area contributed by atoms with E-state index >= 15 is 0 Å². The van der Waals surface area contributed by atoms with Gasteiger partial charge in [-0.3, -0.25) is 14.5 Å². The van der Waals surface area contributed by atoms with Crippen molar-refractivity contribution in [2.24, 2.45) is 11.7 Å². The van der Waals surface area contributed by atoms with Crippen LogP contribution >= 0.6 is 11.6 Å². The highest BCUT2D eigenvalue weighted by Gasteiger charge is 2.29.